The molecule has 104 valence electrons. The first-order chi connectivity index (χ1) is 9.40. The predicted molar refractivity (Wildman–Crippen MR) is 79.9 cm³/mol. The van der Waals surface area contributed by atoms with E-state index in [0.29, 0.717) is 22.5 Å². The first-order valence-electron chi connectivity index (χ1n) is 5.83. The maximum atomic E-state index is 12.2. The Hall–Kier alpha value is -2.41. The number of thiocarbonyl (C=S) groups is 1. The highest BCUT2D eigenvalue weighted by Gasteiger charge is 2.15. The summed E-state index contributed by atoms with van der Waals surface area (Å²) in [4.78, 5) is 12.3. The van der Waals surface area contributed by atoms with Crippen LogP contribution in [-0.4, -0.2) is 25.8 Å². The van der Waals surface area contributed by atoms with Crippen LogP contribution in [0.3, 0.4) is 0 Å². The zero-order chi connectivity index (χ0) is 14.9. The highest BCUT2D eigenvalue weighted by Crippen LogP contribution is 2.19. The van der Waals surface area contributed by atoms with Crippen molar-refractivity contribution in [3.8, 4) is 5.75 Å². The Labute approximate surface area is 121 Å². The molecule has 2 rings (SSSR count). The number of carbonyl (C=O) groups is 1. The number of anilines is 1. The number of rotatable bonds is 3. The van der Waals surface area contributed by atoms with Gasteiger partial charge in [0.15, 0.2) is 0 Å². The molecule has 1 aromatic carbocycles. The minimum absolute atomic E-state index is 0.144. The van der Waals surface area contributed by atoms with Gasteiger partial charge in [-0.1, -0.05) is 12.2 Å². The summed E-state index contributed by atoms with van der Waals surface area (Å²) in [7, 11) is 1.68. The fraction of sp³-hybridized carbons (Fsp3) is 0.154. The molecule has 0 radical (unpaired) electrons. The Balaban J connectivity index is 2.30. The Morgan fingerprint density at radius 2 is 2.20 bits per heavy atom. The molecule has 1 aromatic heterocycles. The van der Waals surface area contributed by atoms with Crippen LogP contribution >= 0.6 is 12.2 Å². The number of nitrogens with two attached hydrogens (primary N) is 1. The second kappa shape index (κ2) is 5.30. The molecular weight excluding hydrogens is 276 g/mol. The number of aromatic nitrogens is 2. The third-order valence-corrected chi connectivity index (χ3v) is 3.12. The van der Waals surface area contributed by atoms with Crippen LogP contribution in [0.15, 0.2) is 24.4 Å². The van der Waals surface area contributed by atoms with Gasteiger partial charge in [0, 0.05) is 12.6 Å². The lowest BCUT2D eigenvalue weighted by Gasteiger charge is -2.09. The average Bonchev–Trinajstić information content (AvgIpc) is 2.74. The summed E-state index contributed by atoms with van der Waals surface area (Å²) in [5, 5.41) is 16.2. The predicted octanol–water partition coefficient (Wildman–Crippen LogP) is 1.32. The van der Waals surface area contributed by atoms with E-state index in [1.165, 1.54) is 23.0 Å². The van der Waals surface area contributed by atoms with E-state index in [0.717, 1.165) is 0 Å². The Kier molecular flexibility index (Phi) is 3.71. The molecule has 4 N–H and O–H groups in total. The molecular formula is C13H14N4O2S. The number of hydrogen-bond donors (Lipinski definition) is 3. The van der Waals surface area contributed by atoms with Crippen molar-refractivity contribution < 1.29 is 9.90 Å². The van der Waals surface area contributed by atoms with Crippen molar-refractivity contribution in [2.45, 2.75) is 6.92 Å². The van der Waals surface area contributed by atoms with Gasteiger partial charge in [0.1, 0.15) is 16.6 Å². The zero-order valence-electron chi connectivity index (χ0n) is 11.0. The Morgan fingerprint density at radius 3 is 2.80 bits per heavy atom. The zero-order valence-corrected chi connectivity index (χ0v) is 11.9. The second-order valence-corrected chi connectivity index (χ2v) is 4.79. The molecule has 2 aromatic rings. The van der Waals surface area contributed by atoms with Gasteiger partial charge >= 0.3 is 0 Å². The van der Waals surface area contributed by atoms with Gasteiger partial charge in [-0.05, 0) is 30.7 Å². The van der Waals surface area contributed by atoms with Crippen LogP contribution in [0.1, 0.15) is 21.5 Å². The van der Waals surface area contributed by atoms with Crippen LogP contribution in [-0.2, 0) is 7.05 Å². The normalized spacial score (nSPS) is 10.3. The van der Waals surface area contributed by atoms with Crippen LogP contribution in [0.2, 0.25) is 0 Å². The summed E-state index contributed by atoms with van der Waals surface area (Å²) in [6, 6.07) is 4.61. The first kappa shape index (κ1) is 14.0. The minimum Gasteiger partial charge on any atom is -0.508 e. The van der Waals surface area contributed by atoms with Crippen molar-refractivity contribution in [1.29, 1.82) is 0 Å². The number of benzene rings is 1. The third-order valence-electron chi connectivity index (χ3n) is 2.90. The molecule has 0 unspecified atom stereocenters. The summed E-state index contributed by atoms with van der Waals surface area (Å²) in [5.74, 6) is 0.258. The minimum atomic E-state index is -0.325. The number of nitrogens with zero attached hydrogens (tertiary/aromatic N) is 2. The molecule has 0 bridgehead atoms. The summed E-state index contributed by atoms with van der Waals surface area (Å²) in [5.41, 5.74) is 7.13. The Morgan fingerprint density at radius 1 is 1.50 bits per heavy atom. The molecule has 0 spiro atoms. The van der Waals surface area contributed by atoms with Gasteiger partial charge in [0.25, 0.3) is 5.91 Å². The van der Waals surface area contributed by atoms with Crippen LogP contribution < -0.4 is 11.1 Å². The molecule has 0 fully saturated rings. The molecule has 20 heavy (non-hydrogen) atoms. The van der Waals surface area contributed by atoms with Crippen molar-refractivity contribution in [1.82, 2.24) is 9.78 Å². The van der Waals surface area contributed by atoms with Crippen LogP contribution in [0.5, 0.6) is 5.75 Å². The lowest BCUT2D eigenvalue weighted by Crippen LogP contribution is -2.18. The highest BCUT2D eigenvalue weighted by atomic mass is 32.1. The van der Waals surface area contributed by atoms with Crippen molar-refractivity contribution in [3.05, 3.63) is 41.1 Å². The number of nitrogens with one attached hydrogen (secondary N) is 1. The van der Waals surface area contributed by atoms with Crippen molar-refractivity contribution in [2.24, 2.45) is 12.8 Å². The SMILES string of the molecule is Cc1cc(C(=O)Nc2c(C(N)=S)cnn2C)ccc1O. The van der Waals surface area contributed by atoms with Gasteiger partial charge in [-0.25, -0.2) is 0 Å². The molecule has 1 heterocycles. The fourth-order valence-corrected chi connectivity index (χ4v) is 1.89. The van der Waals surface area contributed by atoms with Crippen LogP contribution in [0, 0.1) is 6.92 Å². The third kappa shape index (κ3) is 2.62. The molecule has 7 heteroatoms. The van der Waals surface area contributed by atoms with Gasteiger partial charge < -0.3 is 16.2 Å². The fourth-order valence-electron chi connectivity index (χ4n) is 1.74. The topological polar surface area (TPSA) is 93.2 Å². The molecule has 1 amide bonds. The molecule has 0 saturated carbocycles. The summed E-state index contributed by atoms with van der Waals surface area (Å²) in [6.45, 7) is 1.72. The molecule has 0 aliphatic carbocycles. The van der Waals surface area contributed by atoms with E-state index in [1.54, 1.807) is 20.0 Å². The smallest absolute Gasteiger partial charge is 0.256 e. The van der Waals surface area contributed by atoms with Gasteiger partial charge in [-0.3, -0.25) is 9.48 Å². The monoisotopic (exact) mass is 290 g/mol. The summed E-state index contributed by atoms with van der Waals surface area (Å²) < 4.78 is 1.49. The van der Waals surface area contributed by atoms with Gasteiger partial charge in [0.2, 0.25) is 0 Å². The Bertz CT molecular complexity index is 694. The maximum absolute atomic E-state index is 12.2. The maximum Gasteiger partial charge on any atom is 0.256 e. The van der Waals surface area contributed by atoms with Crippen LogP contribution in [0.4, 0.5) is 5.82 Å². The second-order valence-electron chi connectivity index (χ2n) is 4.35. The lowest BCUT2D eigenvalue weighted by molar-refractivity contribution is 0.102. The van der Waals surface area contributed by atoms with Crippen LogP contribution in [0.25, 0.3) is 0 Å². The van der Waals surface area contributed by atoms with Gasteiger partial charge in [0.05, 0.1) is 11.8 Å². The molecule has 0 aliphatic heterocycles. The average molecular weight is 290 g/mol. The van der Waals surface area contributed by atoms with E-state index in [9.17, 15) is 9.90 Å². The first-order valence-corrected chi connectivity index (χ1v) is 6.23. The number of phenolic OH excluding ortho intramolecular Hbond substituents is 1. The number of aryl methyl sites for hydroxylation is 2. The standard InChI is InChI=1S/C13H14N4O2S/c1-7-5-8(3-4-10(7)18)13(19)16-12-9(11(14)20)6-15-17(12)2/h3-6,18H,1-2H3,(H2,14,20)(H,16,19). The molecule has 0 saturated heterocycles. The van der Waals surface area contributed by atoms with Crippen molar-refractivity contribution in [2.75, 3.05) is 5.32 Å². The summed E-state index contributed by atoms with van der Waals surface area (Å²) in [6.07, 6.45) is 1.50. The van der Waals surface area contributed by atoms with E-state index >= 15 is 0 Å². The summed E-state index contributed by atoms with van der Waals surface area (Å²) >= 11 is 4.91. The molecule has 6 nitrogen and oxygen atoms in total. The largest absolute Gasteiger partial charge is 0.508 e. The van der Waals surface area contributed by atoms with Gasteiger partial charge in [-0.2, -0.15) is 5.10 Å². The number of hydrogen-bond acceptors (Lipinski definition) is 4. The van der Waals surface area contributed by atoms with E-state index in [4.69, 9.17) is 18.0 Å². The van der Waals surface area contributed by atoms with E-state index < -0.39 is 0 Å². The van der Waals surface area contributed by atoms with E-state index in [-0.39, 0.29) is 16.6 Å². The van der Waals surface area contributed by atoms with Gasteiger partial charge in [-0.15, -0.1) is 0 Å². The number of aromatic hydroxyl groups is 1. The highest BCUT2D eigenvalue weighted by molar-refractivity contribution is 7.80. The van der Waals surface area contributed by atoms with Crippen molar-refractivity contribution in [3.63, 3.8) is 0 Å². The molecule has 0 atom stereocenters. The number of carbonyl (C=O) groups excluding carboxylic acids is 1. The number of phenols is 1. The lowest BCUT2D eigenvalue weighted by atomic mass is 10.1. The van der Waals surface area contributed by atoms with E-state index in [1.807, 2.05) is 0 Å². The van der Waals surface area contributed by atoms with Crippen molar-refractivity contribution >= 4 is 28.9 Å². The number of amides is 1. The molecule has 0 aliphatic rings. The quantitative estimate of drug-likeness (QED) is 0.741. The van der Waals surface area contributed by atoms with E-state index in [2.05, 4.69) is 10.4 Å².